The van der Waals surface area contributed by atoms with Crippen molar-refractivity contribution < 1.29 is 9.18 Å². The molecule has 0 aliphatic carbocycles. The first-order valence-electron chi connectivity index (χ1n) is 9.48. The van der Waals surface area contributed by atoms with Crippen molar-refractivity contribution in [3.8, 4) is 11.1 Å². The number of amides is 1. The van der Waals surface area contributed by atoms with Gasteiger partial charge in [0.15, 0.2) is 0 Å². The van der Waals surface area contributed by atoms with Gasteiger partial charge in [-0.25, -0.2) is 9.37 Å². The summed E-state index contributed by atoms with van der Waals surface area (Å²) in [7, 11) is 0. The molecular weight excluding hydrogens is 401 g/mol. The topological polar surface area (TPSA) is 64.0 Å². The van der Waals surface area contributed by atoms with E-state index >= 15 is 0 Å². The highest BCUT2D eigenvalue weighted by atomic mass is 32.1. The summed E-state index contributed by atoms with van der Waals surface area (Å²) in [6.45, 7) is 4.21. The van der Waals surface area contributed by atoms with Gasteiger partial charge in [0.25, 0.3) is 5.56 Å². The maximum Gasteiger partial charge on any atom is 0.263 e. The number of benzene rings is 2. The van der Waals surface area contributed by atoms with Gasteiger partial charge < -0.3 is 5.32 Å². The van der Waals surface area contributed by atoms with Crippen LogP contribution in [-0.2, 0) is 17.9 Å². The molecule has 4 rings (SSSR count). The van der Waals surface area contributed by atoms with Crippen LogP contribution in [0.25, 0.3) is 21.3 Å². The third kappa shape index (κ3) is 4.02. The highest BCUT2D eigenvalue weighted by Crippen LogP contribution is 2.31. The molecule has 0 saturated heterocycles. The first-order valence-corrected chi connectivity index (χ1v) is 10.4. The average Bonchev–Trinajstić information content (AvgIpc) is 3.17. The normalized spacial score (nSPS) is 11.0. The summed E-state index contributed by atoms with van der Waals surface area (Å²) in [5, 5.41) is 5.21. The summed E-state index contributed by atoms with van der Waals surface area (Å²) in [5.74, 6) is -0.642. The number of halogens is 1. The molecule has 152 valence electrons. The molecule has 0 aliphatic rings. The zero-order valence-electron chi connectivity index (χ0n) is 16.6. The minimum atomic E-state index is -0.327. The lowest BCUT2D eigenvalue weighted by Gasteiger charge is -2.08. The van der Waals surface area contributed by atoms with E-state index in [1.807, 2.05) is 31.4 Å². The first-order chi connectivity index (χ1) is 14.4. The van der Waals surface area contributed by atoms with Gasteiger partial charge in [0, 0.05) is 17.5 Å². The maximum absolute atomic E-state index is 13.1. The van der Waals surface area contributed by atoms with Gasteiger partial charge in [-0.05, 0) is 48.2 Å². The predicted molar refractivity (Wildman–Crippen MR) is 117 cm³/mol. The van der Waals surface area contributed by atoms with Crippen LogP contribution in [0, 0.1) is 19.7 Å². The minimum absolute atomic E-state index is 0.134. The van der Waals surface area contributed by atoms with Crippen LogP contribution in [-0.4, -0.2) is 15.5 Å². The minimum Gasteiger partial charge on any atom is -0.350 e. The number of carbonyl (C=O) groups is 1. The molecule has 0 atom stereocenters. The monoisotopic (exact) mass is 421 g/mol. The average molecular weight is 421 g/mol. The lowest BCUT2D eigenvalue weighted by Crippen LogP contribution is -2.32. The largest absolute Gasteiger partial charge is 0.350 e. The zero-order valence-corrected chi connectivity index (χ0v) is 17.4. The van der Waals surface area contributed by atoms with E-state index in [4.69, 9.17) is 0 Å². The molecule has 0 unspecified atom stereocenters. The molecule has 0 spiro atoms. The number of rotatable bonds is 5. The van der Waals surface area contributed by atoms with E-state index in [1.165, 1.54) is 39.9 Å². The highest BCUT2D eigenvalue weighted by molar-refractivity contribution is 7.17. The summed E-state index contributed by atoms with van der Waals surface area (Å²) in [6.07, 6.45) is 1.41. The van der Waals surface area contributed by atoms with E-state index in [0.717, 1.165) is 22.3 Å². The lowest BCUT2D eigenvalue weighted by atomic mass is 10.0. The number of thiophene rings is 1. The van der Waals surface area contributed by atoms with Crippen molar-refractivity contribution in [2.45, 2.75) is 26.9 Å². The first kappa shape index (κ1) is 20.0. The number of nitrogens with zero attached hydrogens (tertiary/aromatic N) is 2. The highest BCUT2D eigenvalue weighted by Gasteiger charge is 2.15. The van der Waals surface area contributed by atoms with Gasteiger partial charge in [-0.15, -0.1) is 11.3 Å². The SMILES string of the molecule is Cc1ccc(-c2csc3ncn(CC(=O)NCc4ccc(F)cc4)c(=O)c23)cc1C. The second kappa shape index (κ2) is 8.20. The van der Waals surface area contributed by atoms with Crippen LogP contribution in [0.4, 0.5) is 4.39 Å². The molecule has 0 bridgehead atoms. The van der Waals surface area contributed by atoms with Gasteiger partial charge in [0.1, 0.15) is 17.2 Å². The van der Waals surface area contributed by atoms with E-state index in [1.54, 1.807) is 12.1 Å². The molecular formula is C23H20FN3O2S. The lowest BCUT2D eigenvalue weighted by molar-refractivity contribution is -0.121. The van der Waals surface area contributed by atoms with E-state index in [9.17, 15) is 14.0 Å². The molecule has 1 amide bonds. The second-order valence-corrected chi connectivity index (χ2v) is 8.07. The molecule has 0 saturated carbocycles. The molecule has 2 heterocycles. The summed E-state index contributed by atoms with van der Waals surface area (Å²) in [6, 6.07) is 12.0. The van der Waals surface area contributed by atoms with Gasteiger partial charge >= 0.3 is 0 Å². The van der Waals surface area contributed by atoms with E-state index < -0.39 is 0 Å². The smallest absolute Gasteiger partial charge is 0.263 e. The Morgan fingerprint density at radius 2 is 1.90 bits per heavy atom. The Morgan fingerprint density at radius 1 is 1.13 bits per heavy atom. The summed E-state index contributed by atoms with van der Waals surface area (Å²) in [4.78, 5) is 30.5. The van der Waals surface area contributed by atoms with Crippen LogP contribution in [0.1, 0.15) is 16.7 Å². The Kier molecular flexibility index (Phi) is 5.46. The number of hydrogen-bond acceptors (Lipinski definition) is 4. The number of aromatic nitrogens is 2. The van der Waals surface area contributed by atoms with Crippen molar-refractivity contribution >= 4 is 27.5 Å². The Hall–Kier alpha value is -3.32. The molecule has 5 nitrogen and oxygen atoms in total. The van der Waals surface area contributed by atoms with Gasteiger partial charge in [0.05, 0.1) is 11.7 Å². The Balaban J connectivity index is 1.58. The number of carbonyl (C=O) groups excluding carboxylic acids is 1. The number of fused-ring (bicyclic) bond motifs is 1. The Morgan fingerprint density at radius 3 is 2.63 bits per heavy atom. The van der Waals surface area contributed by atoms with E-state index in [0.29, 0.717) is 10.2 Å². The fourth-order valence-corrected chi connectivity index (χ4v) is 4.12. The molecule has 0 fully saturated rings. The third-order valence-electron chi connectivity index (χ3n) is 5.10. The van der Waals surface area contributed by atoms with Crippen molar-refractivity contribution in [3.63, 3.8) is 0 Å². The number of aryl methyl sites for hydroxylation is 2. The number of nitrogens with one attached hydrogen (secondary N) is 1. The van der Waals surface area contributed by atoms with Crippen LogP contribution in [0.5, 0.6) is 0 Å². The van der Waals surface area contributed by atoms with Crippen molar-refractivity contribution in [1.29, 1.82) is 0 Å². The fourth-order valence-electron chi connectivity index (χ4n) is 3.22. The zero-order chi connectivity index (χ0) is 21.3. The Bertz CT molecular complexity index is 1290. The van der Waals surface area contributed by atoms with E-state index in [-0.39, 0.29) is 30.4 Å². The molecule has 0 radical (unpaired) electrons. The standard InChI is InChI=1S/C23H20FN3O2S/c1-14-3-6-17(9-15(14)2)19-12-30-22-21(19)23(29)27(13-26-22)11-20(28)25-10-16-4-7-18(24)8-5-16/h3-9,12-13H,10-11H2,1-2H3,(H,25,28). The Labute approximate surface area is 176 Å². The second-order valence-electron chi connectivity index (χ2n) is 7.21. The van der Waals surface area contributed by atoms with Gasteiger partial charge in [-0.1, -0.05) is 30.3 Å². The van der Waals surface area contributed by atoms with Crippen LogP contribution >= 0.6 is 11.3 Å². The predicted octanol–water partition coefficient (Wildman–Crippen LogP) is 4.20. The van der Waals surface area contributed by atoms with Crippen molar-refractivity contribution in [1.82, 2.24) is 14.9 Å². The molecule has 2 aromatic carbocycles. The van der Waals surface area contributed by atoms with Crippen LogP contribution in [0.15, 0.2) is 59.0 Å². The van der Waals surface area contributed by atoms with Gasteiger partial charge in [-0.2, -0.15) is 0 Å². The van der Waals surface area contributed by atoms with E-state index in [2.05, 4.69) is 16.4 Å². The molecule has 30 heavy (non-hydrogen) atoms. The van der Waals surface area contributed by atoms with Gasteiger partial charge in [0.2, 0.25) is 5.91 Å². The van der Waals surface area contributed by atoms with Gasteiger partial charge in [-0.3, -0.25) is 14.2 Å². The number of hydrogen-bond donors (Lipinski definition) is 1. The van der Waals surface area contributed by atoms with Crippen LogP contribution in [0.2, 0.25) is 0 Å². The van der Waals surface area contributed by atoms with Crippen molar-refractivity contribution in [3.05, 3.63) is 87.0 Å². The molecule has 1 N–H and O–H groups in total. The van der Waals surface area contributed by atoms with Crippen molar-refractivity contribution in [2.75, 3.05) is 0 Å². The quantitative estimate of drug-likeness (QED) is 0.525. The maximum atomic E-state index is 13.1. The van der Waals surface area contributed by atoms with Crippen molar-refractivity contribution in [2.24, 2.45) is 0 Å². The summed E-state index contributed by atoms with van der Waals surface area (Å²) in [5.41, 5.74) is 4.66. The molecule has 7 heteroatoms. The summed E-state index contributed by atoms with van der Waals surface area (Å²) < 4.78 is 14.3. The molecule has 2 aromatic heterocycles. The molecule has 4 aromatic rings. The fraction of sp³-hybridized carbons (Fsp3) is 0.174. The van der Waals surface area contributed by atoms with Crippen LogP contribution < -0.4 is 10.9 Å². The summed E-state index contributed by atoms with van der Waals surface area (Å²) >= 11 is 1.41. The molecule has 0 aliphatic heterocycles. The van der Waals surface area contributed by atoms with Crippen LogP contribution in [0.3, 0.4) is 0 Å². The third-order valence-corrected chi connectivity index (χ3v) is 5.98.